The van der Waals surface area contributed by atoms with Gasteiger partial charge in [-0.05, 0) is 31.9 Å². The molecule has 148 valence electrons. The molecule has 0 unspecified atom stereocenters. The number of hydrogen-bond acceptors (Lipinski definition) is 7. The highest BCUT2D eigenvalue weighted by Gasteiger charge is 2.31. The van der Waals surface area contributed by atoms with Gasteiger partial charge in [0.25, 0.3) is 0 Å². The Morgan fingerprint density at radius 1 is 1.35 bits per heavy atom. The Balaban J connectivity index is 0.00000338. The summed E-state index contributed by atoms with van der Waals surface area (Å²) >= 11 is 0. The van der Waals surface area contributed by atoms with E-state index >= 15 is 0 Å². The molecule has 0 aliphatic carbocycles. The van der Waals surface area contributed by atoms with Crippen LogP contribution < -0.4 is 10.5 Å². The maximum absolute atomic E-state index is 12.7. The Morgan fingerprint density at radius 3 is 2.54 bits per heavy atom. The molecule has 0 radical (unpaired) electrons. The predicted octanol–water partition coefficient (Wildman–Crippen LogP) is 1.54. The number of rotatable bonds is 8. The summed E-state index contributed by atoms with van der Waals surface area (Å²) < 4.78 is 37.5. The number of halogens is 1. The van der Waals surface area contributed by atoms with Gasteiger partial charge >= 0.3 is 5.69 Å². The highest BCUT2D eigenvalue weighted by Crippen LogP contribution is 2.31. The van der Waals surface area contributed by atoms with Crippen LogP contribution in [0.4, 0.5) is 5.69 Å². The maximum atomic E-state index is 12.7. The van der Waals surface area contributed by atoms with E-state index in [0.717, 1.165) is 12.5 Å². The molecule has 11 heteroatoms. The molecule has 1 fully saturated rings. The average molecular weight is 410 g/mol. The molecule has 1 aliphatic heterocycles. The number of hydrogen-bond donors (Lipinski definition) is 1. The van der Waals surface area contributed by atoms with Gasteiger partial charge in [-0.15, -0.1) is 12.4 Å². The third-order valence-electron chi connectivity index (χ3n) is 4.09. The summed E-state index contributed by atoms with van der Waals surface area (Å²) in [7, 11) is -2.46. The first kappa shape index (κ1) is 22.6. The minimum Gasteiger partial charge on any atom is -0.490 e. The largest absolute Gasteiger partial charge is 0.490 e. The molecule has 1 aliphatic rings. The fourth-order valence-electron chi connectivity index (χ4n) is 2.69. The van der Waals surface area contributed by atoms with Crippen LogP contribution in [0.5, 0.6) is 5.75 Å². The van der Waals surface area contributed by atoms with Gasteiger partial charge < -0.3 is 15.2 Å². The summed E-state index contributed by atoms with van der Waals surface area (Å²) in [6.07, 6.45) is 2.02. The smallest absolute Gasteiger partial charge is 0.310 e. The molecule has 1 heterocycles. The number of nitro groups is 1. The van der Waals surface area contributed by atoms with Crippen molar-refractivity contribution in [2.75, 3.05) is 33.4 Å². The van der Waals surface area contributed by atoms with Gasteiger partial charge in [0.1, 0.15) is 0 Å². The van der Waals surface area contributed by atoms with Gasteiger partial charge in [-0.3, -0.25) is 10.1 Å². The molecule has 1 aromatic carbocycles. The highest BCUT2D eigenvalue weighted by atomic mass is 35.5. The lowest BCUT2D eigenvalue weighted by molar-refractivity contribution is -0.385. The molecular formula is C15H24ClN3O6S. The number of ether oxygens (including phenoxy) is 2. The number of nitrogens with zero attached hydrogens (tertiary/aromatic N) is 2. The molecule has 1 saturated heterocycles. The molecule has 0 bridgehead atoms. The second-order valence-electron chi connectivity index (χ2n) is 5.71. The first-order valence-electron chi connectivity index (χ1n) is 8.04. The third kappa shape index (κ3) is 5.27. The summed E-state index contributed by atoms with van der Waals surface area (Å²) in [4.78, 5) is 10.3. The predicted molar refractivity (Wildman–Crippen MR) is 98.3 cm³/mol. The lowest BCUT2D eigenvalue weighted by Crippen LogP contribution is -2.41. The van der Waals surface area contributed by atoms with Crippen molar-refractivity contribution >= 4 is 28.1 Å². The van der Waals surface area contributed by atoms with Gasteiger partial charge in [0.2, 0.25) is 10.0 Å². The summed E-state index contributed by atoms with van der Waals surface area (Å²) in [6, 6.07) is 3.57. The van der Waals surface area contributed by atoms with Crippen molar-refractivity contribution in [1.29, 1.82) is 0 Å². The number of nitro benzene ring substituents is 1. The van der Waals surface area contributed by atoms with Crippen LogP contribution in [0.25, 0.3) is 0 Å². The highest BCUT2D eigenvalue weighted by molar-refractivity contribution is 7.89. The fourth-order valence-corrected chi connectivity index (χ4v) is 4.18. The van der Waals surface area contributed by atoms with Crippen molar-refractivity contribution in [3.05, 3.63) is 28.3 Å². The Morgan fingerprint density at radius 2 is 2.00 bits per heavy atom. The molecule has 0 amide bonds. The zero-order valence-corrected chi connectivity index (χ0v) is 16.1. The minimum atomic E-state index is -3.73. The van der Waals surface area contributed by atoms with Crippen molar-refractivity contribution in [3.63, 3.8) is 0 Å². The standard InChI is InChI=1S/C15H23N3O6S.ClH/c1-23-15-11-13(3-4-14(15)18(19)20)25(21,22)17-8-5-12(6-9-17)24-10-2-7-16;/h3-4,11-12H,2,5-10,16H2,1H3;1H. The van der Waals surface area contributed by atoms with Crippen LogP contribution in [0.3, 0.4) is 0 Å². The van der Waals surface area contributed by atoms with E-state index in [2.05, 4.69) is 0 Å². The van der Waals surface area contributed by atoms with E-state index < -0.39 is 14.9 Å². The number of benzene rings is 1. The van der Waals surface area contributed by atoms with Gasteiger partial charge in [0.05, 0.1) is 23.0 Å². The Kier molecular flexibility index (Phi) is 8.71. The van der Waals surface area contributed by atoms with E-state index in [1.54, 1.807) is 0 Å². The van der Waals surface area contributed by atoms with E-state index in [-0.39, 0.29) is 34.8 Å². The number of methoxy groups -OCH3 is 1. The van der Waals surface area contributed by atoms with Crippen molar-refractivity contribution < 1.29 is 22.8 Å². The van der Waals surface area contributed by atoms with Crippen LogP contribution >= 0.6 is 12.4 Å². The van der Waals surface area contributed by atoms with Crippen LogP contribution in [-0.2, 0) is 14.8 Å². The number of piperidine rings is 1. The van der Waals surface area contributed by atoms with E-state index in [0.29, 0.717) is 39.1 Å². The molecule has 0 atom stereocenters. The second kappa shape index (κ2) is 10.0. The monoisotopic (exact) mass is 409 g/mol. The molecule has 0 saturated carbocycles. The molecule has 2 N–H and O–H groups in total. The van der Waals surface area contributed by atoms with E-state index in [1.807, 2.05) is 0 Å². The number of sulfonamides is 1. The fraction of sp³-hybridized carbons (Fsp3) is 0.600. The summed E-state index contributed by atoms with van der Waals surface area (Å²) in [5.74, 6) is -0.0777. The Bertz CT molecular complexity index is 707. The molecule has 0 spiro atoms. The maximum Gasteiger partial charge on any atom is 0.310 e. The molecule has 9 nitrogen and oxygen atoms in total. The molecule has 1 aromatic rings. The van der Waals surface area contributed by atoms with Crippen LogP contribution in [0.15, 0.2) is 23.1 Å². The van der Waals surface area contributed by atoms with Crippen molar-refractivity contribution in [1.82, 2.24) is 4.31 Å². The van der Waals surface area contributed by atoms with Crippen molar-refractivity contribution in [2.24, 2.45) is 5.73 Å². The summed E-state index contributed by atoms with van der Waals surface area (Å²) in [5.41, 5.74) is 5.15. The zero-order valence-electron chi connectivity index (χ0n) is 14.5. The quantitative estimate of drug-likeness (QED) is 0.392. The number of nitrogens with two attached hydrogens (primary N) is 1. The topological polar surface area (TPSA) is 125 Å². The van der Waals surface area contributed by atoms with Crippen LogP contribution in [0, 0.1) is 10.1 Å². The van der Waals surface area contributed by atoms with E-state index in [9.17, 15) is 18.5 Å². The zero-order chi connectivity index (χ0) is 18.4. The SMILES string of the molecule is COc1cc(S(=O)(=O)N2CCC(OCCCN)CC2)ccc1[N+](=O)[O-].Cl. The van der Waals surface area contributed by atoms with Crippen LogP contribution in [0.2, 0.25) is 0 Å². The minimum absolute atomic E-state index is 0. The van der Waals surface area contributed by atoms with Gasteiger partial charge in [-0.25, -0.2) is 8.42 Å². The molecule has 0 aromatic heterocycles. The van der Waals surface area contributed by atoms with E-state index in [1.165, 1.54) is 23.5 Å². The van der Waals surface area contributed by atoms with Gasteiger partial charge in [-0.2, -0.15) is 4.31 Å². The lowest BCUT2D eigenvalue weighted by atomic mass is 10.1. The van der Waals surface area contributed by atoms with Gasteiger partial charge in [-0.1, -0.05) is 0 Å². The summed E-state index contributed by atoms with van der Waals surface area (Å²) in [6.45, 7) is 1.83. The van der Waals surface area contributed by atoms with Crippen LogP contribution in [0.1, 0.15) is 19.3 Å². The normalized spacial score (nSPS) is 16.1. The third-order valence-corrected chi connectivity index (χ3v) is 5.98. The Labute approximate surface area is 159 Å². The average Bonchev–Trinajstić information content (AvgIpc) is 2.61. The van der Waals surface area contributed by atoms with E-state index in [4.69, 9.17) is 15.2 Å². The molecular weight excluding hydrogens is 386 g/mol. The van der Waals surface area contributed by atoms with Crippen LogP contribution in [-0.4, -0.2) is 57.1 Å². The second-order valence-corrected chi connectivity index (χ2v) is 7.65. The lowest BCUT2D eigenvalue weighted by Gasteiger charge is -2.31. The molecule has 2 rings (SSSR count). The first-order chi connectivity index (χ1) is 11.9. The molecule has 26 heavy (non-hydrogen) atoms. The van der Waals surface area contributed by atoms with Gasteiger partial charge in [0.15, 0.2) is 5.75 Å². The van der Waals surface area contributed by atoms with Crippen molar-refractivity contribution in [2.45, 2.75) is 30.3 Å². The van der Waals surface area contributed by atoms with Crippen molar-refractivity contribution in [3.8, 4) is 5.75 Å². The first-order valence-corrected chi connectivity index (χ1v) is 9.48. The summed E-state index contributed by atoms with van der Waals surface area (Å²) in [5, 5.41) is 10.9. The Hall–Kier alpha value is -1.46. The van der Waals surface area contributed by atoms with Gasteiger partial charge in [0, 0.05) is 31.8 Å².